The van der Waals surface area contributed by atoms with E-state index in [1.165, 1.54) is 33.2 Å². The Hall–Kier alpha value is -2.92. The minimum atomic E-state index is -1.87. The molecule has 5 rings (SSSR count). The average molecular weight is 694 g/mol. The van der Waals surface area contributed by atoms with Crippen molar-refractivity contribution in [3.63, 3.8) is 0 Å². The number of para-hydroxylation sites is 1. The summed E-state index contributed by atoms with van der Waals surface area (Å²) in [5, 5.41) is 1.49. The number of aryl methyl sites for hydroxylation is 2. The van der Waals surface area contributed by atoms with Gasteiger partial charge in [0.15, 0.2) is 0 Å². The van der Waals surface area contributed by atoms with E-state index < -0.39 is 16.5 Å². The van der Waals surface area contributed by atoms with Crippen LogP contribution in [0.15, 0.2) is 88.8 Å². The minimum Gasteiger partial charge on any atom is -0.385 e. The second-order valence-corrected chi connectivity index (χ2v) is 13.5. The highest BCUT2D eigenvalue weighted by Gasteiger charge is 2.41. The molecule has 1 saturated heterocycles. The predicted molar refractivity (Wildman–Crippen MR) is 180 cm³/mol. The maximum Gasteiger partial charge on any atom is 0.318 e. The Morgan fingerprint density at radius 3 is 2.26 bits per heavy atom. The molecule has 2 atom stereocenters. The van der Waals surface area contributed by atoms with Crippen molar-refractivity contribution in [1.82, 2.24) is 5.43 Å². The first-order valence-electron chi connectivity index (χ1n) is 12.8. The number of hydrazine groups is 1. The van der Waals surface area contributed by atoms with Crippen molar-refractivity contribution in [2.24, 2.45) is 4.99 Å². The molecule has 0 saturated carbocycles. The number of carbonyl (C=O) groups excluding carboxylic acids is 1. The molecule has 0 spiro atoms. The lowest BCUT2D eigenvalue weighted by Crippen LogP contribution is -2.36. The topological polar surface area (TPSA) is 74.2 Å². The smallest absolute Gasteiger partial charge is 0.318 e. The van der Waals surface area contributed by atoms with Crippen LogP contribution in [-0.2, 0) is 16.1 Å². The van der Waals surface area contributed by atoms with Gasteiger partial charge in [-0.05, 0) is 67.9 Å². The van der Waals surface area contributed by atoms with E-state index in [4.69, 9.17) is 55.6 Å². The van der Waals surface area contributed by atoms with Crippen LogP contribution in [0.5, 0.6) is 5.75 Å². The summed E-state index contributed by atoms with van der Waals surface area (Å²) >= 11 is 24.9. The van der Waals surface area contributed by atoms with E-state index in [2.05, 4.69) is 5.43 Å². The van der Waals surface area contributed by atoms with Gasteiger partial charge in [-0.15, -0.1) is 11.8 Å². The number of thioether (sulfide) groups is 1. The fourth-order valence-corrected chi connectivity index (χ4v) is 7.23. The number of benzene rings is 4. The SMILES string of the molecule is Cc1ccc(OS(=O)N(C)c2ccccc2SC2C(=O)N(c3c(Cl)cc(Cl)cc3Cl)NC2=Nc2cc(C)ccc2Cl)cc1. The van der Waals surface area contributed by atoms with Crippen LogP contribution < -0.4 is 18.9 Å². The van der Waals surface area contributed by atoms with Gasteiger partial charge in [-0.3, -0.25) is 14.5 Å². The van der Waals surface area contributed by atoms with E-state index in [-0.39, 0.29) is 21.6 Å². The Morgan fingerprint density at radius 2 is 1.56 bits per heavy atom. The number of nitrogens with zero attached hydrogens (tertiary/aromatic N) is 3. The Bertz CT molecular complexity index is 1730. The molecule has 0 aromatic heterocycles. The van der Waals surface area contributed by atoms with Gasteiger partial charge in [-0.25, -0.2) is 10.0 Å². The fourth-order valence-electron chi connectivity index (χ4n) is 4.16. The number of aliphatic imine (C=N–C) groups is 1. The van der Waals surface area contributed by atoms with E-state index in [9.17, 15) is 9.00 Å². The summed E-state index contributed by atoms with van der Waals surface area (Å²) in [6.07, 6.45) is 0. The van der Waals surface area contributed by atoms with E-state index in [1.807, 2.05) is 56.3 Å². The van der Waals surface area contributed by atoms with E-state index >= 15 is 0 Å². The lowest BCUT2D eigenvalue weighted by atomic mass is 10.2. The maximum absolute atomic E-state index is 14.0. The number of anilines is 2. The number of amidine groups is 1. The van der Waals surface area contributed by atoms with Crippen LogP contribution in [0.3, 0.4) is 0 Å². The molecule has 4 aromatic carbocycles. The zero-order valence-corrected chi connectivity index (χ0v) is 27.6. The zero-order chi connectivity index (χ0) is 30.8. The third-order valence-electron chi connectivity index (χ3n) is 6.33. The van der Waals surface area contributed by atoms with Crippen LogP contribution in [-0.4, -0.2) is 28.2 Å². The molecular formula is C30H24Cl4N4O3S2. The number of amides is 1. The second-order valence-electron chi connectivity index (χ2n) is 9.53. The Kier molecular flexibility index (Phi) is 9.80. The highest BCUT2D eigenvalue weighted by Crippen LogP contribution is 2.41. The first kappa shape index (κ1) is 31.5. The van der Waals surface area contributed by atoms with Crippen LogP contribution >= 0.6 is 58.2 Å². The number of halogens is 4. The lowest BCUT2D eigenvalue weighted by molar-refractivity contribution is -0.116. The summed E-state index contributed by atoms with van der Waals surface area (Å²) in [4.78, 5) is 19.4. The van der Waals surface area contributed by atoms with Crippen LogP contribution in [0.4, 0.5) is 17.1 Å². The predicted octanol–water partition coefficient (Wildman–Crippen LogP) is 8.75. The minimum absolute atomic E-state index is 0.181. The van der Waals surface area contributed by atoms with Crippen LogP contribution in [0.2, 0.25) is 20.1 Å². The highest BCUT2D eigenvalue weighted by molar-refractivity contribution is 8.01. The molecule has 222 valence electrons. The first-order valence-corrected chi connectivity index (χ1v) is 16.2. The monoisotopic (exact) mass is 692 g/mol. The number of carbonyl (C=O) groups is 1. The molecule has 1 fully saturated rings. The van der Waals surface area contributed by atoms with Gasteiger partial charge in [0.25, 0.3) is 5.91 Å². The summed E-state index contributed by atoms with van der Waals surface area (Å²) in [5.74, 6) is 0.389. The standard InChI is InChI=1S/C30H24Cl4N4O3S2/c1-17-8-11-20(12-9-17)41-43(40)37(3)25-6-4-5-7-26(25)42-28-29(35-24-14-18(2)10-13-21(24)32)36-38(30(28)39)27-22(33)15-19(31)16-23(27)34/h4-16,28H,1-3H3,(H,35,36). The molecule has 7 nitrogen and oxygen atoms in total. The number of nitrogens with one attached hydrogen (secondary N) is 1. The molecule has 2 unspecified atom stereocenters. The van der Waals surface area contributed by atoms with Gasteiger partial charge >= 0.3 is 11.3 Å². The van der Waals surface area contributed by atoms with Gasteiger partial charge in [0.05, 0.1) is 26.4 Å². The van der Waals surface area contributed by atoms with Crippen molar-refractivity contribution in [3.05, 3.63) is 110 Å². The molecular weight excluding hydrogens is 670 g/mol. The van der Waals surface area contributed by atoms with Crippen LogP contribution in [0, 0.1) is 13.8 Å². The van der Waals surface area contributed by atoms with Gasteiger partial charge in [0.2, 0.25) is 0 Å². The van der Waals surface area contributed by atoms with Crippen molar-refractivity contribution in [1.29, 1.82) is 0 Å². The Labute approximate surface area is 276 Å². The van der Waals surface area contributed by atoms with Gasteiger partial charge < -0.3 is 4.18 Å². The highest BCUT2D eigenvalue weighted by atomic mass is 35.5. The van der Waals surface area contributed by atoms with Crippen molar-refractivity contribution < 1.29 is 13.2 Å². The van der Waals surface area contributed by atoms with E-state index in [0.717, 1.165) is 11.1 Å². The molecule has 43 heavy (non-hydrogen) atoms. The summed E-state index contributed by atoms with van der Waals surface area (Å²) in [6.45, 7) is 3.88. The fraction of sp³-hybridized carbons (Fsp3) is 0.133. The van der Waals surface area contributed by atoms with Gasteiger partial charge in [0.1, 0.15) is 22.5 Å². The molecule has 1 heterocycles. The van der Waals surface area contributed by atoms with E-state index in [0.29, 0.717) is 37.9 Å². The number of hydrogen-bond donors (Lipinski definition) is 1. The van der Waals surface area contributed by atoms with Crippen molar-refractivity contribution >= 4 is 98.2 Å². The number of hydrogen-bond acceptors (Lipinski definition) is 5. The third kappa shape index (κ3) is 7.09. The average Bonchev–Trinajstić information content (AvgIpc) is 3.25. The summed E-state index contributed by atoms with van der Waals surface area (Å²) in [7, 11) is 1.65. The van der Waals surface area contributed by atoms with Crippen molar-refractivity contribution in [3.8, 4) is 5.75 Å². The van der Waals surface area contributed by atoms with Gasteiger partial charge in [-0.1, -0.05) is 82.3 Å². The Morgan fingerprint density at radius 1 is 0.907 bits per heavy atom. The van der Waals surface area contributed by atoms with Crippen molar-refractivity contribution in [2.75, 3.05) is 16.4 Å². The molecule has 1 N–H and O–H groups in total. The van der Waals surface area contributed by atoms with Crippen molar-refractivity contribution in [2.45, 2.75) is 24.0 Å². The van der Waals surface area contributed by atoms with Crippen LogP contribution in [0.1, 0.15) is 11.1 Å². The summed E-state index contributed by atoms with van der Waals surface area (Å²) < 4.78 is 20.4. The summed E-state index contributed by atoms with van der Waals surface area (Å²) in [5.41, 5.74) is 6.38. The molecule has 0 radical (unpaired) electrons. The third-order valence-corrected chi connectivity index (χ3v) is 9.68. The molecule has 4 aromatic rings. The van der Waals surface area contributed by atoms with Gasteiger partial charge in [0, 0.05) is 17.0 Å². The lowest BCUT2D eigenvalue weighted by Gasteiger charge is -2.21. The molecule has 0 bridgehead atoms. The van der Waals surface area contributed by atoms with Gasteiger partial charge in [-0.2, -0.15) is 4.21 Å². The quantitative estimate of drug-likeness (QED) is 0.200. The normalized spacial score (nSPS) is 16.3. The second kappa shape index (κ2) is 13.4. The molecule has 0 aliphatic carbocycles. The maximum atomic E-state index is 14.0. The zero-order valence-electron chi connectivity index (χ0n) is 23.0. The summed E-state index contributed by atoms with van der Waals surface area (Å²) in [6, 6.07) is 23.0. The number of rotatable bonds is 8. The Balaban J connectivity index is 1.51. The molecule has 13 heteroatoms. The first-order chi connectivity index (χ1) is 20.5. The molecule has 1 amide bonds. The molecule has 1 aliphatic heterocycles. The van der Waals surface area contributed by atoms with E-state index in [1.54, 1.807) is 31.3 Å². The largest absolute Gasteiger partial charge is 0.385 e. The molecule has 1 aliphatic rings. The van der Waals surface area contributed by atoms with Crippen LogP contribution in [0.25, 0.3) is 0 Å².